The summed E-state index contributed by atoms with van der Waals surface area (Å²) in [5.74, 6) is 0.359. The summed E-state index contributed by atoms with van der Waals surface area (Å²) >= 11 is 7.49. The van der Waals surface area contributed by atoms with Gasteiger partial charge in [0.05, 0.1) is 16.1 Å². The number of hydrogen-bond donors (Lipinski definition) is 0. The highest BCUT2D eigenvalue weighted by Gasteiger charge is 2.38. The van der Waals surface area contributed by atoms with Crippen LogP contribution in [0.4, 0.5) is 13.2 Å². The number of halogens is 4. The van der Waals surface area contributed by atoms with Gasteiger partial charge in [-0.25, -0.2) is 14.5 Å². The summed E-state index contributed by atoms with van der Waals surface area (Å²) in [4.78, 5) is 11.3. The van der Waals surface area contributed by atoms with Crippen LogP contribution in [0.2, 0.25) is 5.02 Å². The Hall–Kier alpha value is -2.20. The van der Waals surface area contributed by atoms with Gasteiger partial charge in [0, 0.05) is 4.88 Å². The molecule has 0 fully saturated rings. The first-order chi connectivity index (χ1) is 12.8. The average molecular weight is 413 g/mol. The number of rotatable bonds is 2. The van der Waals surface area contributed by atoms with Crippen molar-refractivity contribution in [2.45, 2.75) is 38.9 Å². The van der Waals surface area contributed by atoms with E-state index in [4.69, 9.17) is 11.6 Å². The molecule has 0 aliphatic heterocycles. The summed E-state index contributed by atoms with van der Waals surface area (Å²) in [7, 11) is 0. The quantitative estimate of drug-likeness (QED) is 0.498. The van der Waals surface area contributed by atoms with Crippen molar-refractivity contribution in [3.63, 3.8) is 0 Å². The third kappa shape index (κ3) is 2.53. The fourth-order valence-corrected chi connectivity index (χ4v) is 4.96. The zero-order valence-corrected chi connectivity index (χ0v) is 15.6. The minimum atomic E-state index is -4.60. The number of aromatic nitrogens is 6. The van der Waals surface area contributed by atoms with Gasteiger partial charge in [0.1, 0.15) is 17.7 Å². The van der Waals surface area contributed by atoms with Crippen LogP contribution in [-0.2, 0) is 25.6 Å². The summed E-state index contributed by atoms with van der Waals surface area (Å²) in [5, 5.41) is 8.58. The lowest BCUT2D eigenvalue weighted by Gasteiger charge is -2.01. The standard InChI is InChI=1S/C16H12ClF3N6S/c1-7-12(17)13(16(18,19)20)24-25(7)5-10-22-14-11-8-3-2-4-9(8)27-15(11)21-6-26(14)23-10/h6H,2-5H2,1H3. The Bertz CT molecular complexity index is 1200. The zero-order valence-electron chi connectivity index (χ0n) is 14.0. The number of nitrogens with zero attached hydrogens (tertiary/aromatic N) is 6. The minimum absolute atomic E-state index is 0.00284. The van der Waals surface area contributed by atoms with E-state index >= 15 is 0 Å². The maximum Gasteiger partial charge on any atom is 0.436 e. The monoisotopic (exact) mass is 412 g/mol. The lowest BCUT2D eigenvalue weighted by Crippen LogP contribution is -2.10. The molecule has 0 aromatic carbocycles. The topological polar surface area (TPSA) is 60.9 Å². The SMILES string of the molecule is Cc1c(Cl)c(C(F)(F)F)nn1Cc1nc2c3c4c(sc3ncn2n1)CCC4. The Labute approximate surface area is 159 Å². The average Bonchev–Trinajstić information content (AvgIpc) is 3.32. The van der Waals surface area contributed by atoms with Crippen LogP contribution in [0.1, 0.15) is 34.1 Å². The Morgan fingerprint density at radius 2 is 2.07 bits per heavy atom. The zero-order chi connectivity index (χ0) is 18.9. The smallest absolute Gasteiger partial charge is 0.260 e. The van der Waals surface area contributed by atoms with E-state index in [2.05, 4.69) is 20.2 Å². The van der Waals surface area contributed by atoms with Gasteiger partial charge >= 0.3 is 6.18 Å². The molecule has 0 spiro atoms. The molecule has 11 heteroatoms. The molecular weight excluding hydrogens is 401 g/mol. The molecule has 4 aromatic heterocycles. The number of hydrogen-bond acceptors (Lipinski definition) is 5. The number of thiophene rings is 1. The van der Waals surface area contributed by atoms with Gasteiger partial charge in [0.25, 0.3) is 0 Å². The number of alkyl halides is 3. The van der Waals surface area contributed by atoms with Crippen molar-refractivity contribution < 1.29 is 13.2 Å². The van der Waals surface area contributed by atoms with Crippen LogP contribution < -0.4 is 0 Å². The molecule has 5 rings (SSSR count). The molecule has 27 heavy (non-hydrogen) atoms. The van der Waals surface area contributed by atoms with Gasteiger partial charge in [0.2, 0.25) is 0 Å². The highest BCUT2D eigenvalue weighted by atomic mass is 35.5. The lowest BCUT2D eigenvalue weighted by molar-refractivity contribution is -0.141. The van der Waals surface area contributed by atoms with Gasteiger partial charge in [-0.15, -0.1) is 16.4 Å². The van der Waals surface area contributed by atoms with Crippen molar-refractivity contribution in [1.29, 1.82) is 0 Å². The van der Waals surface area contributed by atoms with Crippen molar-refractivity contribution in [1.82, 2.24) is 29.4 Å². The van der Waals surface area contributed by atoms with E-state index in [1.165, 1.54) is 22.0 Å². The van der Waals surface area contributed by atoms with Gasteiger partial charge in [-0.3, -0.25) is 4.68 Å². The predicted molar refractivity (Wildman–Crippen MR) is 94.3 cm³/mol. The Kier molecular flexibility index (Phi) is 3.54. The molecule has 1 aliphatic rings. The Morgan fingerprint density at radius 1 is 1.26 bits per heavy atom. The highest BCUT2D eigenvalue weighted by molar-refractivity contribution is 7.19. The second-order valence-electron chi connectivity index (χ2n) is 6.48. The van der Waals surface area contributed by atoms with Crippen LogP contribution in [-0.4, -0.2) is 29.4 Å². The van der Waals surface area contributed by atoms with Crippen molar-refractivity contribution in [2.75, 3.05) is 0 Å². The summed E-state index contributed by atoms with van der Waals surface area (Å²) in [5.41, 5.74) is 1.08. The van der Waals surface area contributed by atoms with Crippen LogP contribution in [0.25, 0.3) is 15.9 Å². The molecule has 0 atom stereocenters. The third-order valence-electron chi connectivity index (χ3n) is 4.78. The third-order valence-corrected chi connectivity index (χ3v) is 6.43. The number of fused-ring (bicyclic) bond motifs is 5. The number of aryl methyl sites for hydroxylation is 2. The normalized spacial score (nSPS) is 14.6. The van der Waals surface area contributed by atoms with E-state index in [-0.39, 0.29) is 12.2 Å². The molecule has 0 saturated heterocycles. The van der Waals surface area contributed by atoms with E-state index in [1.807, 2.05) is 0 Å². The Morgan fingerprint density at radius 3 is 2.81 bits per heavy atom. The summed E-state index contributed by atoms with van der Waals surface area (Å²) in [6, 6.07) is 0. The highest BCUT2D eigenvalue weighted by Crippen LogP contribution is 2.38. The van der Waals surface area contributed by atoms with Crippen LogP contribution >= 0.6 is 22.9 Å². The van der Waals surface area contributed by atoms with Gasteiger partial charge in [-0.2, -0.15) is 18.3 Å². The second kappa shape index (κ2) is 5.65. The second-order valence-corrected chi connectivity index (χ2v) is 7.94. The van der Waals surface area contributed by atoms with E-state index in [0.717, 1.165) is 29.5 Å². The molecule has 0 bridgehead atoms. The molecule has 0 amide bonds. The van der Waals surface area contributed by atoms with E-state index in [0.29, 0.717) is 11.5 Å². The Balaban J connectivity index is 1.60. The van der Waals surface area contributed by atoms with Crippen molar-refractivity contribution in [3.05, 3.63) is 39.0 Å². The molecule has 0 radical (unpaired) electrons. The first-order valence-corrected chi connectivity index (χ1v) is 9.47. The fourth-order valence-electron chi connectivity index (χ4n) is 3.50. The molecule has 1 aliphatic carbocycles. The van der Waals surface area contributed by atoms with Crippen molar-refractivity contribution >= 4 is 38.8 Å². The lowest BCUT2D eigenvalue weighted by atomic mass is 10.2. The fraction of sp³-hybridized carbons (Fsp3) is 0.375. The van der Waals surface area contributed by atoms with Crippen molar-refractivity contribution in [3.8, 4) is 0 Å². The maximum atomic E-state index is 13.0. The molecule has 4 aromatic rings. The van der Waals surface area contributed by atoms with Crippen molar-refractivity contribution in [2.24, 2.45) is 0 Å². The molecule has 0 unspecified atom stereocenters. The van der Waals surface area contributed by atoms with Gasteiger partial charge < -0.3 is 0 Å². The summed E-state index contributed by atoms with van der Waals surface area (Å²) in [6.45, 7) is 1.49. The summed E-state index contributed by atoms with van der Waals surface area (Å²) < 4.78 is 41.8. The van der Waals surface area contributed by atoms with Gasteiger partial charge in [-0.1, -0.05) is 11.6 Å². The molecule has 4 heterocycles. The van der Waals surface area contributed by atoms with Gasteiger partial charge in [-0.05, 0) is 31.7 Å². The largest absolute Gasteiger partial charge is 0.436 e. The summed E-state index contributed by atoms with van der Waals surface area (Å²) in [6.07, 6.45) is 0.136. The van der Waals surface area contributed by atoms with Crippen LogP contribution in [0.15, 0.2) is 6.33 Å². The van der Waals surface area contributed by atoms with Crippen LogP contribution in [0.5, 0.6) is 0 Å². The van der Waals surface area contributed by atoms with Gasteiger partial charge in [0.15, 0.2) is 17.2 Å². The molecule has 6 nitrogen and oxygen atoms in total. The first kappa shape index (κ1) is 16.9. The minimum Gasteiger partial charge on any atom is -0.260 e. The van der Waals surface area contributed by atoms with Crippen LogP contribution in [0, 0.1) is 6.92 Å². The maximum absolute atomic E-state index is 13.0. The van der Waals surface area contributed by atoms with E-state index in [9.17, 15) is 13.2 Å². The van der Waals surface area contributed by atoms with E-state index in [1.54, 1.807) is 22.2 Å². The molecule has 0 N–H and O–H groups in total. The molecule has 140 valence electrons. The van der Waals surface area contributed by atoms with Crippen LogP contribution in [0.3, 0.4) is 0 Å². The molecular formula is C16H12ClF3N6S. The predicted octanol–water partition coefficient (Wildman–Crippen LogP) is 4.05. The molecule has 0 saturated carbocycles. The van der Waals surface area contributed by atoms with E-state index < -0.39 is 16.9 Å². The first-order valence-electron chi connectivity index (χ1n) is 8.27.